The molecule has 6 heteroatoms. The molecular formula is C16H14F2N2O2. The van der Waals surface area contributed by atoms with E-state index in [9.17, 15) is 18.4 Å². The molecule has 0 aliphatic rings. The minimum Gasteiger partial charge on any atom is -0.267 e. The summed E-state index contributed by atoms with van der Waals surface area (Å²) in [7, 11) is 0. The Labute approximate surface area is 126 Å². The summed E-state index contributed by atoms with van der Waals surface area (Å²) in [5.41, 5.74) is 6.09. The van der Waals surface area contributed by atoms with E-state index in [2.05, 4.69) is 10.9 Å². The predicted molar refractivity (Wildman–Crippen MR) is 77.2 cm³/mol. The Morgan fingerprint density at radius 2 is 1.45 bits per heavy atom. The lowest BCUT2D eigenvalue weighted by Crippen LogP contribution is -2.42. The number of benzene rings is 2. The number of aryl methyl sites for hydroxylation is 2. The van der Waals surface area contributed by atoms with Gasteiger partial charge in [0.1, 0.15) is 11.6 Å². The first kappa shape index (κ1) is 15.6. The highest BCUT2D eigenvalue weighted by atomic mass is 19.1. The van der Waals surface area contributed by atoms with Crippen LogP contribution in [0.1, 0.15) is 31.8 Å². The Balaban J connectivity index is 2.06. The summed E-state index contributed by atoms with van der Waals surface area (Å²) in [4.78, 5) is 23.7. The summed E-state index contributed by atoms with van der Waals surface area (Å²) < 4.78 is 26.2. The molecule has 0 atom stereocenters. The first-order chi connectivity index (χ1) is 10.4. The smallest absolute Gasteiger partial charge is 0.267 e. The van der Waals surface area contributed by atoms with E-state index >= 15 is 0 Å². The number of carbonyl (C=O) groups excluding carboxylic acids is 2. The Hall–Kier alpha value is -2.76. The maximum absolute atomic E-state index is 13.4. The van der Waals surface area contributed by atoms with Gasteiger partial charge in [0.15, 0.2) is 0 Å². The highest BCUT2D eigenvalue weighted by Crippen LogP contribution is 2.11. The van der Waals surface area contributed by atoms with Crippen molar-refractivity contribution >= 4 is 11.8 Å². The van der Waals surface area contributed by atoms with Crippen molar-refractivity contribution in [3.8, 4) is 0 Å². The van der Waals surface area contributed by atoms with Gasteiger partial charge in [-0.05, 0) is 37.6 Å². The lowest BCUT2D eigenvalue weighted by molar-refractivity contribution is 0.0844. The molecule has 114 valence electrons. The van der Waals surface area contributed by atoms with Crippen molar-refractivity contribution in [1.82, 2.24) is 10.9 Å². The molecule has 2 aromatic rings. The van der Waals surface area contributed by atoms with Crippen LogP contribution in [0.5, 0.6) is 0 Å². The van der Waals surface area contributed by atoms with E-state index in [4.69, 9.17) is 0 Å². The molecule has 0 aliphatic heterocycles. The molecule has 4 nitrogen and oxygen atoms in total. The zero-order chi connectivity index (χ0) is 16.3. The molecule has 0 unspecified atom stereocenters. The summed E-state index contributed by atoms with van der Waals surface area (Å²) in [6.07, 6.45) is 0. The lowest BCUT2D eigenvalue weighted by atomic mass is 10.1. The van der Waals surface area contributed by atoms with Crippen molar-refractivity contribution in [3.05, 3.63) is 70.3 Å². The fourth-order valence-electron chi connectivity index (χ4n) is 1.99. The average molecular weight is 304 g/mol. The van der Waals surface area contributed by atoms with Crippen LogP contribution in [0.15, 0.2) is 36.4 Å². The summed E-state index contributed by atoms with van der Waals surface area (Å²) in [6.45, 7) is 3.66. The van der Waals surface area contributed by atoms with Crippen molar-refractivity contribution in [2.24, 2.45) is 0 Å². The normalized spacial score (nSPS) is 10.2. The Morgan fingerprint density at radius 3 is 2.05 bits per heavy atom. The molecule has 0 aliphatic carbocycles. The van der Waals surface area contributed by atoms with Gasteiger partial charge >= 0.3 is 0 Å². The topological polar surface area (TPSA) is 58.2 Å². The standard InChI is InChI=1S/C16H14F2N2O2/c1-9-3-5-12(10(2)7-9)15(21)19-20-16(22)13-6-4-11(17)8-14(13)18/h3-8H,1-2H3,(H,19,21)(H,20,22). The highest BCUT2D eigenvalue weighted by molar-refractivity contribution is 5.99. The maximum Gasteiger partial charge on any atom is 0.272 e. The molecule has 0 spiro atoms. The van der Waals surface area contributed by atoms with Gasteiger partial charge < -0.3 is 0 Å². The zero-order valence-corrected chi connectivity index (χ0v) is 12.0. The van der Waals surface area contributed by atoms with Gasteiger partial charge in [-0.1, -0.05) is 17.7 Å². The number of hydrazine groups is 1. The van der Waals surface area contributed by atoms with Gasteiger partial charge in [0, 0.05) is 11.6 Å². The van der Waals surface area contributed by atoms with E-state index in [0.29, 0.717) is 11.6 Å². The van der Waals surface area contributed by atoms with Gasteiger partial charge in [-0.25, -0.2) is 8.78 Å². The summed E-state index contributed by atoms with van der Waals surface area (Å²) >= 11 is 0. The zero-order valence-electron chi connectivity index (χ0n) is 12.0. The van der Waals surface area contributed by atoms with E-state index in [0.717, 1.165) is 23.3 Å². The van der Waals surface area contributed by atoms with Gasteiger partial charge in [-0.3, -0.25) is 20.4 Å². The molecule has 2 amide bonds. The number of rotatable bonds is 2. The van der Waals surface area contributed by atoms with Gasteiger partial charge in [-0.15, -0.1) is 0 Å². The quantitative estimate of drug-likeness (QED) is 0.838. The van der Waals surface area contributed by atoms with Gasteiger partial charge in [0.25, 0.3) is 11.8 Å². The SMILES string of the molecule is Cc1ccc(C(=O)NNC(=O)c2ccc(F)cc2F)c(C)c1. The van der Waals surface area contributed by atoms with Crippen LogP contribution in [0.3, 0.4) is 0 Å². The first-order valence-electron chi connectivity index (χ1n) is 6.51. The largest absolute Gasteiger partial charge is 0.272 e. The minimum absolute atomic E-state index is 0.359. The van der Waals surface area contributed by atoms with Crippen LogP contribution in [0.25, 0.3) is 0 Å². The van der Waals surface area contributed by atoms with E-state index < -0.39 is 23.4 Å². The fraction of sp³-hybridized carbons (Fsp3) is 0.125. The molecule has 0 radical (unpaired) electrons. The molecule has 0 heterocycles. The van der Waals surface area contributed by atoms with Crippen LogP contribution in [0, 0.1) is 25.5 Å². The molecule has 0 saturated heterocycles. The Morgan fingerprint density at radius 1 is 0.864 bits per heavy atom. The minimum atomic E-state index is -1.00. The molecule has 0 saturated carbocycles. The molecule has 0 bridgehead atoms. The number of nitrogens with one attached hydrogen (secondary N) is 2. The Kier molecular flexibility index (Phi) is 4.50. The third-order valence-corrected chi connectivity index (χ3v) is 3.09. The first-order valence-corrected chi connectivity index (χ1v) is 6.51. The highest BCUT2D eigenvalue weighted by Gasteiger charge is 2.14. The van der Waals surface area contributed by atoms with Crippen LogP contribution in [0.2, 0.25) is 0 Å². The van der Waals surface area contributed by atoms with Crippen molar-refractivity contribution in [1.29, 1.82) is 0 Å². The fourth-order valence-corrected chi connectivity index (χ4v) is 1.99. The monoisotopic (exact) mass is 304 g/mol. The average Bonchev–Trinajstić information content (AvgIpc) is 2.44. The number of hydrogen-bond donors (Lipinski definition) is 2. The molecule has 0 aromatic heterocycles. The summed E-state index contributed by atoms with van der Waals surface area (Å²) in [5.74, 6) is -3.17. The third-order valence-electron chi connectivity index (χ3n) is 3.09. The van der Waals surface area contributed by atoms with E-state index in [1.165, 1.54) is 0 Å². The summed E-state index contributed by atoms with van der Waals surface area (Å²) in [6, 6.07) is 7.79. The van der Waals surface area contributed by atoms with Crippen molar-refractivity contribution in [2.45, 2.75) is 13.8 Å². The van der Waals surface area contributed by atoms with Crippen LogP contribution >= 0.6 is 0 Å². The number of amides is 2. The predicted octanol–water partition coefficient (Wildman–Crippen LogP) is 2.66. The van der Waals surface area contributed by atoms with E-state index in [-0.39, 0.29) is 5.56 Å². The van der Waals surface area contributed by atoms with E-state index in [1.807, 2.05) is 13.0 Å². The van der Waals surface area contributed by atoms with Crippen LogP contribution in [-0.2, 0) is 0 Å². The second-order valence-corrected chi connectivity index (χ2v) is 4.85. The third kappa shape index (κ3) is 3.46. The van der Waals surface area contributed by atoms with Crippen LogP contribution in [0.4, 0.5) is 8.78 Å². The number of halogens is 2. The van der Waals surface area contributed by atoms with Gasteiger partial charge in [0.05, 0.1) is 5.56 Å². The van der Waals surface area contributed by atoms with Crippen LogP contribution in [-0.4, -0.2) is 11.8 Å². The van der Waals surface area contributed by atoms with E-state index in [1.54, 1.807) is 19.1 Å². The Bertz CT molecular complexity index is 681. The van der Waals surface area contributed by atoms with Gasteiger partial charge in [0.2, 0.25) is 0 Å². The van der Waals surface area contributed by atoms with Gasteiger partial charge in [-0.2, -0.15) is 0 Å². The molecule has 2 aromatic carbocycles. The molecule has 2 rings (SSSR count). The van der Waals surface area contributed by atoms with Crippen LogP contribution < -0.4 is 10.9 Å². The molecule has 2 N–H and O–H groups in total. The second kappa shape index (κ2) is 6.34. The lowest BCUT2D eigenvalue weighted by Gasteiger charge is -2.10. The summed E-state index contributed by atoms with van der Waals surface area (Å²) in [5, 5.41) is 0. The van der Waals surface area contributed by atoms with Crippen molar-refractivity contribution in [3.63, 3.8) is 0 Å². The van der Waals surface area contributed by atoms with Crippen molar-refractivity contribution in [2.75, 3.05) is 0 Å². The second-order valence-electron chi connectivity index (χ2n) is 4.85. The number of hydrogen-bond acceptors (Lipinski definition) is 2. The van der Waals surface area contributed by atoms with Crippen molar-refractivity contribution < 1.29 is 18.4 Å². The molecule has 22 heavy (non-hydrogen) atoms. The molecule has 0 fully saturated rings. The number of carbonyl (C=O) groups is 2. The molecular weight excluding hydrogens is 290 g/mol. The maximum atomic E-state index is 13.4.